The first-order valence-corrected chi connectivity index (χ1v) is 4.72. The van der Waals surface area contributed by atoms with E-state index in [-0.39, 0.29) is 18.0 Å². The van der Waals surface area contributed by atoms with Crippen LogP contribution in [0.2, 0.25) is 0 Å². The quantitative estimate of drug-likeness (QED) is 0.490. The number of cyclic esters (lactones) is 1. The minimum absolute atomic E-state index is 0.0141. The Morgan fingerprint density at radius 2 is 2.46 bits per heavy atom. The highest BCUT2D eigenvalue weighted by molar-refractivity contribution is 5.76. The summed E-state index contributed by atoms with van der Waals surface area (Å²) in [5, 5.41) is 0. The number of hydrogen-bond donors (Lipinski definition) is 0. The van der Waals surface area contributed by atoms with Crippen LogP contribution in [0.5, 0.6) is 0 Å². The van der Waals surface area contributed by atoms with E-state index in [0.717, 1.165) is 19.3 Å². The second kappa shape index (κ2) is 4.85. The molecule has 0 saturated carbocycles. The largest absolute Gasteiger partial charge is 0.462 e. The highest BCUT2D eigenvalue weighted by Crippen LogP contribution is 2.25. The predicted octanol–water partition coefficient (Wildman–Crippen LogP) is 2.46. The molecule has 72 valence electrons. The van der Waals surface area contributed by atoms with Gasteiger partial charge < -0.3 is 4.74 Å². The SMILES string of the molecule is C=CCC[C@@H]1C[C@H](/C=C/C)C(=O)O1. The van der Waals surface area contributed by atoms with Gasteiger partial charge in [0, 0.05) is 6.42 Å². The van der Waals surface area contributed by atoms with Crippen LogP contribution in [0.4, 0.5) is 0 Å². The predicted molar refractivity (Wildman–Crippen MR) is 52.2 cm³/mol. The molecule has 0 bridgehead atoms. The van der Waals surface area contributed by atoms with Gasteiger partial charge in [0.15, 0.2) is 0 Å². The molecule has 0 N–H and O–H groups in total. The maximum Gasteiger partial charge on any atom is 0.313 e. The highest BCUT2D eigenvalue weighted by atomic mass is 16.5. The molecule has 0 unspecified atom stereocenters. The molecule has 13 heavy (non-hydrogen) atoms. The molecular formula is C11H16O2. The van der Waals surface area contributed by atoms with Gasteiger partial charge in [-0.3, -0.25) is 4.79 Å². The summed E-state index contributed by atoms with van der Waals surface area (Å²) in [4.78, 5) is 11.2. The van der Waals surface area contributed by atoms with Gasteiger partial charge in [-0.1, -0.05) is 18.2 Å². The van der Waals surface area contributed by atoms with Crippen LogP contribution in [0, 0.1) is 5.92 Å². The van der Waals surface area contributed by atoms with Gasteiger partial charge in [0.25, 0.3) is 0 Å². The van der Waals surface area contributed by atoms with Crippen molar-refractivity contribution in [3.63, 3.8) is 0 Å². The van der Waals surface area contributed by atoms with Crippen molar-refractivity contribution >= 4 is 5.97 Å². The zero-order chi connectivity index (χ0) is 9.68. The number of ether oxygens (including phenoxy) is 1. The Labute approximate surface area is 79.3 Å². The van der Waals surface area contributed by atoms with Crippen LogP contribution in [-0.4, -0.2) is 12.1 Å². The molecule has 0 amide bonds. The third-order valence-corrected chi connectivity index (χ3v) is 2.22. The topological polar surface area (TPSA) is 26.3 Å². The summed E-state index contributed by atoms with van der Waals surface area (Å²) in [6, 6.07) is 0. The molecule has 0 aromatic carbocycles. The summed E-state index contributed by atoms with van der Waals surface area (Å²) in [7, 11) is 0. The molecular weight excluding hydrogens is 164 g/mol. The van der Waals surface area contributed by atoms with Crippen molar-refractivity contribution in [1.29, 1.82) is 0 Å². The van der Waals surface area contributed by atoms with Gasteiger partial charge in [0.1, 0.15) is 6.10 Å². The van der Waals surface area contributed by atoms with E-state index >= 15 is 0 Å². The summed E-state index contributed by atoms with van der Waals surface area (Å²) < 4.78 is 5.19. The number of rotatable bonds is 4. The second-order valence-electron chi connectivity index (χ2n) is 3.29. The zero-order valence-corrected chi connectivity index (χ0v) is 8.03. The van der Waals surface area contributed by atoms with Crippen molar-refractivity contribution in [1.82, 2.24) is 0 Å². The van der Waals surface area contributed by atoms with Gasteiger partial charge in [-0.05, 0) is 19.8 Å². The van der Waals surface area contributed by atoms with Gasteiger partial charge in [-0.15, -0.1) is 6.58 Å². The van der Waals surface area contributed by atoms with E-state index in [1.54, 1.807) is 0 Å². The molecule has 2 atom stereocenters. The Kier molecular flexibility index (Phi) is 3.74. The standard InChI is InChI=1S/C11H16O2/c1-3-5-7-10-8-9(6-4-2)11(12)13-10/h3-4,6,9-10H,1,5,7-8H2,2H3/b6-4+/t9-,10+/m0/s1. The maximum absolute atomic E-state index is 11.2. The molecule has 1 fully saturated rings. The monoisotopic (exact) mass is 180 g/mol. The Balaban J connectivity index is 2.40. The Bertz CT molecular complexity index is 218. The molecule has 1 heterocycles. The zero-order valence-electron chi connectivity index (χ0n) is 8.03. The molecule has 1 rings (SSSR count). The molecule has 1 aliphatic heterocycles. The number of allylic oxidation sites excluding steroid dienone is 2. The van der Waals surface area contributed by atoms with E-state index in [1.807, 2.05) is 25.2 Å². The lowest BCUT2D eigenvalue weighted by Crippen LogP contribution is -2.05. The van der Waals surface area contributed by atoms with Gasteiger partial charge in [-0.25, -0.2) is 0 Å². The van der Waals surface area contributed by atoms with E-state index in [9.17, 15) is 4.79 Å². The summed E-state index contributed by atoms with van der Waals surface area (Å²) >= 11 is 0. The number of carbonyl (C=O) groups excluding carboxylic acids is 1. The van der Waals surface area contributed by atoms with Crippen LogP contribution in [0.1, 0.15) is 26.2 Å². The first-order chi connectivity index (χ1) is 6.27. The molecule has 2 heteroatoms. The van der Waals surface area contributed by atoms with Crippen molar-refractivity contribution in [2.45, 2.75) is 32.3 Å². The summed E-state index contributed by atoms with van der Waals surface area (Å²) in [6.45, 7) is 5.56. The van der Waals surface area contributed by atoms with Gasteiger partial charge in [0.2, 0.25) is 0 Å². The van der Waals surface area contributed by atoms with Crippen molar-refractivity contribution in [2.24, 2.45) is 5.92 Å². The lowest BCUT2D eigenvalue weighted by Gasteiger charge is -2.05. The van der Waals surface area contributed by atoms with Gasteiger partial charge >= 0.3 is 5.97 Å². The summed E-state index contributed by atoms with van der Waals surface area (Å²) in [5.74, 6) is -0.0908. The van der Waals surface area contributed by atoms with Crippen LogP contribution < -0.4 is 0 Å². The fourth-order valence-corrected chi connectivity index (χ4v) is 1.55. The third kappa shape index (κ3) is 2.72. The fraction of sp³-hybridized carbons (Fsp3) is 0.545. The third-order valence-electron chi connectivity index (χ3n) is 2.22. The van der Waals surface area contributed by atoms with Crippen molar-refractivity contribution in [3.8, 4) is 0 Å². The smallest absolute Gasteiger partial charge is 0.313 e. The fourth-order valence-electron chi connectivity index (χ4n) is 1.55. The molecule has 0 spiro atoms. The maximum atomic E-state index is 11.2. The van der Waals surface area contributed by atoms with Crippen molar-refractivity contribution in [3.05, 3.63) is 24.8 Å². The van der Waals surface area contributed by atoms with Crippen LogP contribution in [-0.2, 0) is 9.53 Å². The first kappa shape index (κ1) is 10.0. The van der Waals surface area contributed by atoms with Crippen molar-refractivity contribution in [2.75, 3.05) is 0 Å². The Morgan fingerprint density at radius 3 is 3.08 bits per heavy atom. The molecule has 0 aromatic heterocycles. The molecule has 0 radical (unpaired) electrons. The van der Waals surface area contributed by atoms with Crippen LogP contribution in [0.3, 0.4) is 0 Å². The van der Waals surface area contributed by atoms with Crippen LogP contribution in [0.25, 0.3) is 0 Å². The number of hydrogen-bond acceptors (Lipinski definition) is 2. The lowest BCUT2D eigenvalue weighted by atomic mass is 10.0. The minimum Gasteiger partial charge on any atom is -0.462 e. The number of esters is 1. The molecule has 0 aliphatic carbocycles. The number of carbonyl (C=O) groups is 1. The van der Waals surface area contributed by atoms with E-state index < -0.39 is 0 Å². The molecule has 0 aromatic rings. The van der Waals surface area contributed by atoms with E-state index in [4.69, 9.17) is 4.74 Å². The Morgan fingerprint density at radius 1 is 1.69 bits per heavy atom. The lowest BCUT2D eigenvalue weighted by molar-refractivity contribution is -0.143. The Hall–Kier alpha value is -1.05. The van der Waals surface area contributed by atoms with Crippen LogP contribution in [0.15, 0.2) is 24.8 Å². The van der Waals surface area contributed by atoms with Gasteiger partial charge in [0.05, 0.1) is 5.92 Å². The van der Waals surface area contributed by atoms with Crippen LogP contribution >= 0.6 is 0 Å². The molecule has 1 aliphatic rings. The van der Waals surface area contributed by atoms with Crippen molar-refractivity contribution < 1.29 is 9.53 Å². The normalized spacial score (nSPS) is 27.9. The highest BCUT2D eigenvalue weighted by Gasteiger charge is 2.31. The molecule has 2 nitrogen and oxygen atoms in total. The minimum atomic E-state index is -0.0767. The summed E-state index contributed by atoms with van der Waals surface area (Å²) in [5.41, 5.74) is 0. The van der Waals surface area contributed by atoms with Gasteiger partial charge in [-0.2, -0.15) is 0 Å². The van der Waals surface area contributed by atoms with E-state index in [0.29, 0.717) is 0 Å². The second-order valence-corrected chi connectivity index (χ2v) is 3.29. The summed E-state index contributed by atoms with van der Waals surface area (Å²) in [6.07, 6.45) is 8.43. The van der Waals surface area contributed by atoms with E-state index in [2.05, 4.69) is 6.58 Å². The average Bonchev–Trinajstić information content (AvgIpc) is 2.45. The molecule has 1 saturated heterocycles. The first-order valence-electron chi connectivity index (χ1n) is 4.72. The average molecular weight is 180 g/mol. The van der Waals surface area contributed by atoms with E-state index in [1.165, 1.54) is 0 Å².